The Labute approximate surface area is 62.0 Å². The molecule has 2 saturated carbocycles. The van der Waals surface area contributed by atoms with E-state index in [1.54, 1.807) is 0 Å². The van der Waals surface area contributed by atoms with Crippen molar-refractivity contribution in [1.82, 2.24) is 0 Å². The normalized spacial score (nSPS) is 44.9. The van der Waals surface area contributed by atoms with Gasteiger partial charge in [-0.1, -0.05) is 12.8 Å². The van der Waals surface area contributed by atoms with E-state index < -0.39 is 0 Å². The molecule has 3 atom stereocenters. The van der Waals surface area contributed by atoms with Gasteiger partial charge in [-0.2, -0.15) is 5.26 Å². The van der Waals surface area contributed by atoms with E-state index in [1.807, 2.05) is 0 Å². The quantitative estimate of drug-likeness (QED) is 0.500. The SMILES string of the molecule is N#CC1CC2CCCC1C2. The molecule has 0 spiro atoms. The van der Waals surface area contributed by atoms with Crippen molar-refractivity contribution in [2.45, 2.75) is 32.1 Å². The van der Waals surface area contributed by atoms with Crippen LogP contribution in [0.1, 0.15) is 32.1 Å². The number of nitriles is 1. The fraction of sp³-hybridized carbons (Fsp3) is 0.889. The summed E-state index contributed by atoms with van der Waals surface area (Å²) in [5.41, 5.74) is 0. The van der Waals surface area contributed by atoms with Gasteiger partial charge in [-0.3, -0.25) is 0 Å². The summed E-state index contributed by atoms with van der Waals surface area (Å²) in [6.07, 6.45) is 6.68. The molecule has 0 aromatic heterocycles. The molecule has 2 fully saturated rings. The van der Waals surface area contributed by atoms with Gasteiger partial charge in [-0.25, -0.2) is 0 Å². The summed E-state index contributed by atoms with van der Waals surface area (Å²) in [7, 11) is 0. The Kier molecular flexibility index (Phi) is 1.41. The average molecular weight is 135 g/mol. The Bertz CT molecular complexity index is 168. The van der Waals surface area contributed by atoms with Crippen LogP contribution in [0.2, 0.25) is 0 Å². The van der Waals surface area contributed by atoms with Crippen molar-refractivity contribution in [2.24, 2.45) is 17.8 Å². The summed E-state index contributed by atoms with van der Waals surface area (Å²) in [4.78, 5) is 0. The predicted octanol–water partition coefficient (Wildman–Crippen LogP) is 2.34. The minimum atomic E-state index is 0.424. The molecule has 0 aromatic carbocycles. The highest BCUT2D eigenvalue weighted by Crippen LogP contribution is 2.45. The van der Waals surface area contributed by atoms with Crippen LogP contribution in [0, 0.1) is 29.1 Å². The van der Waals surface area contributed by atoms with Gasteiger partial charge in [-0.15, -0.1) is 0 Å². The lowest BCUT2D eigenvalue weighted by atomic mass is 9.87. The summed E-state index contributed by atoms with van der Waals surface area (Å²) >= 11 is 0. The molecule has 0 heterocycles. The molecule has 2 rings (SSSR count). The molecule has 0 radical (unpaired) electrons. The monoisotopic (exact) mass is 135 g/mol. The van der Waals surface area contributed by atoms with E-state index in [-0.39, 0.29) is 0 Å². The summed E-state index contributed by atoms with van der Waals surface area (Å²) in [5.74, 6) is 2.12. The van der Waals surface area contributed by atoms with Crippen LogP contribution in [0.15, 0.2) is 0 Å². The fourth-order valence-electron chi connectivity index (χ4n) is 2.62. The fourth-order valence-corrected chi connectivity index (χ4v) is 2.62. The van der Waals surface area contributed by atoms with E-state index >= 15 is 0 Å². The number of hydrogen-bond acceptors (Lipinski definition) is 1. The van der Waals surface area contributed by atoms with Crippen molar-refractivity contribution in [2.75, 3.05) is 0 Å². The highest BCUT2D eigenvalue weighted by molar-refractivity contribution is 4.97. The second-order valence-electron chi connectivity index (χ2n) is 3.76. The summed E-state index contributed by atoms with van der Waals surface area (Å²) in [6.45, 7) is 0. The third kappa shape index (κ3) is 0.831. The van der Waals surface area contributed by atoms with Gasteiger partial charge in [-0.05, 0) is 31.1 Å². The Morgan fingerprint density at radius 1 is 1.20 bits per heavy atom. The van der Waals surface area contributed by atoms with Crippen LogP contribution < -0.4 is 0 Å². The number of hydrogen-bond donors (Lipinski definition) is 0. The molecule has 0 saturated heterocycles. The molecule has 10 heavy (non-hydrogen) atoms. The van der Waals surface area contributed by atoms with Crippen LogP contribution >= 0.6 is 0 Å². The first-order valence-corrected chi connectivity index (χ1v) is 4.30. The van der Waals surface area contributed by atoms with Gasteiger partial charge in [0.25, 0.3) is 0 Å². The number of nitrogens with zero attached hydrogens (tertiary/aromatic N) is 1. The molecule has 2 aliphatic rings. The largest absolute Gasteiger partial charge is 0.198 e. The van der Waals surface area contributed by atoms with E-state index in [1.165, 1.54) is 32.1 Å². The minimum absolute atomic E-state index is 0.424. The van der Waals surface area contributed by atoms with Crippen molar-refractivity contribution >= 4 is 0 Å². The van der Waals surface area contributed by atoms with Crippen LogP contribution in [0.4, 0.5) is 0 Å². The van der Waals surface area contributed by atoms with E-state index in [0.717, 1.165) is 11.8 Å². The van der Waals surface area contributed by atoms with Crippen LogP contribution in [0.5, 0.6) is 0 Å². The van der Waals surface area contributed by atoms with Crippen molar-refractivity contribution in [1.29, 1.82) is 5.26 Å². The zero-order chi connectivity index (χ0) is 6.97. The average Bonchev–Trinajstić information content (AvgIpc) is 2.26. The first-order valence-electron chi connectivity index (χ1n) is 4.30. The Morgan fingerprint density at radius 2 is 2.10 bits per heavy atom. The molecular formula is C9H13N. The predicted molar refractivity (Wildman–Crippen MR) is 39.2 cm³/mol. The van der Waals surface area contributed by atoms with Gasteiger partial charge in [0.2, 0.25) is 0 Å². The lowest BCUT2D eigenvalue weighted by Crippen LogP contribution is -2.07. The van der Waals surface area contributed by atoms with Gasteiger partial charge in [0, 0.05) is 5.92 Å². The van der Waals surface area contributed by atoms with Gasteiger partial charge >= 0.3 is 0 Å². The van der Waals surface area contributed by atoms with E-state index in [0.29, 0.717) is 5.92 Å². The molecule has 1 nitrogen and oxygen atoms in total. The Hall–Kier alpha value is -0.510. The van der Waals surface area contributed by atoms with Gasteiger partial charge in [0.05, 0.1) is 6.07 Å². The van der Waals surface area contributed by atoms with E-state index in [9.17, 15) is 0 Å². The highest BCUT2D eigenvalue weighted by Gasteiger charge is 2.36. The second-order valence-corrected chi connectivity index (χ2v) is 3.76. The van der Waals surface area contributed by atoms with Crippen LogP contribution in [-0.4, -0.2) is 0 Å². The van der Waals surface area contributed by atoms with Crippen molar-refractivity contribution < 1.29 is 0 Å². The minimum Gasteiger partial charge on any atom is -0.198 e. The number of fused-ring (bicyclic) bond motifs is 2. The molecular weight excluding hydrogens is 122 g/mol. The second kappa shape index (κ2) is 2.27. The summed E-state index contributed by atoms with van der Waals surface area (Å²) in [5, 5.41) is 8.76. The summed E-state index contributed by atoms with van der Waals surface area (Å²) < 4.78 is 0. The topological polar surface area (TPSA) is 23.8 Å². The lowest BCUT2D eigenvalue weighted by molar-refractivity contribution is 0.347. The molecule has 2 bridgehead atoms. The zero-order valence-electron chi connectivity index (χ0n) is 6.21. The van der Waals surface area contributed by atoms with Crippen molar-refractivity contribution in [3.63, 3.8) is 0 Å². The third-order valence-electron chi connectivity index (χ3n) is 3.15. The summed E-state index contributed by atoms with van der Waals surface area (Å²) in [6, 6.07) is 2.44. The van der Waals surface area contributed by atoms with Crippen molar-refractivity contribution in [3.05, 3.63) is 0 Å². The molecule has 0 aromatic rings. The maximum absolute atomic E-state index is 8.76. The lowest BCUT2D eigenvalue weighted by Gasteiger charge is -2.17. The molecule has 0 aliphatic heterocycles. The standard InChI is InChI=1S/C9H13N/c10-6-9-5-7-2-1-3-8(9)4-7/h7-9H,1-5H2. The maximum Gasteiger partial charge on any atom is 0.0658 e. The van der Waals surface area contributed by atoms with Gasteiger partial charge in [0.15, 0.2) is 0 Å². The molecule has 54 valence electrons. The number of rotatable bonds is 0. The highest BCUT2D eigenvalue weighted by atomic mass is 14.4. The van der Waals surface area contributed by atoms with E-state index in [2.05, 4.69) is 6.07 Å². The smallest absolute Gasteiger partial charge is 0.0658 e. The maximum atomic E-state index is 8.76. The molecule has 0 N–H and O–H groups in total. The van der Waals surface area contributed by atoms with Crippen molar-refractivity contribution in [3.8, 4) is 6.07 Å². The Morgan fingerprint density at radius 3 is 2.80 bits per heavy atom. The molecule has 0 amide bonds. The molecule has 1 heteroatoms. The van der Waals surface area contributed by atoms with E-state index in [4.69, 9.17) is 5.26 Å². The Balaban J connectivity index is 2.10. The van der Waals surface area contributed by atoms with Gasteiger partial charge in [0.1, 0.15) is 0 Å². The molecule has 2 aliphatic carbocycles. The first kappa shape index (κ1) is 6.22. The molecule has 3 unspecified atom stereocenters. The van der Waals surface area contributed by atoms with Gasteiger partial charge < -0.3 is 0 Å². The van der Waals surface area contributed by atoms with Crippen LogP contribution in [0.3, 0.4) is 0 Å². The zero-order valence-corrected chi connectivity index (χ0v) is 6.21. The van der Waals surface area contributed by atoms with Crippen LogP contribution in [-0.2, 0) is 0 Å². The third-order valence-corrected chi connectivity index (χ3v) is 3.15. The van der Waals surface area contributed by atoms with Crippen LogP contribution in [0.25, 0.3) is 0 Å². The first-order chi connectivity index (χ1) is 4.90.